The second-order valence-electron chi connectivity index (χ2n) is 6.09. The normalized spacial score (nSPS) is 10.3. The molecule has 0 unspecified atom stereocenters. The van der Waals surface area contributed by atoms with Crippen LogP contribution in [0, 0.1) is 5.92 Å². The van der Waals surface area contributed by atoms with Crippen LogP contribution in [0.4, 0.5) is 0 Å². The quantitative estimate of drug-likeness (QED) is 0.747. The fraction of sp³-hybridized carbons (Fsp3) is 0.300. The molecule has 6 heteroatoms. The molecule has 0 saturated heterocycles. The third-order valence-electron chi connectivity index (χ3n) is 3.42. The standard InChI is InChI=1S/C20H24N2O4/c1-4-25-17-9-5-15(6-10-17)19(23)21-22-20(24)16-7-11-18(12-8-16)26-13-14(2)3/h5-12,14H,4,13H2,1-3H3,(H,21,23)(H,22,24). The minimum absolute atomic E-state index is 0.403. The Kier molecular flexibility index (Phi) is 7.02. The molecule has 138 valence electrons. The van der Waals surface area contributed by atoms with E-state index in [0.29, 0.717) is 41.8 Å². The van der Waals surface area contributed by atoms with Gasteiger partial charge in [-0.15, -0.1) is 0 Å². The first-order chi connectivity index (χ1) is 12.5. The molecule has 2 aromatic carbocycles. The maximum atomic E-state index is 12.1. The number of hydrazine groups is 1. The summed E-state index contributed by atoms with van der Waals surface area (Å²) in [5.41, 5.74) is 5.64. The SMILES string of the molecule is CCOc1ccc(C(=O)NNC(=O)c2ccc(OCC(C)C)cc2)cc1. The third-order valence-corrected chi connectivity index (χ3v) is 3.42. The molecule has 0 radical (unpaired) electrons. The first-order valence-electron chi connectivity index (χ1n) is 8.56. The summed E-state index contributed by atoms with van der Waals surface area (Å²) >= 11 is 0. The summed E-state index contributed by atoms with van der Waals surface area (Å²) in [6.07, 6.45) is 0. The molecule has 0 fully saturated rings. The van der Waals surface area contributed by atoms with Gasteiger partial charge in [-0.1, -0.05) is 13.8 Å². The van der Waals surface area contributed by atoms with Crippen molar-refractivity contribution in [3.63, 3.8) is 0 Å². The molecule has 2 rings (SSSR count). The van der Waals surface area contributed by atoms with Crippen molar-refractivity contribution in [2.24, 2.45) is 5.92 Å². The lowest BCUT2D eigenvalue weighted by Crippen LogP contribution is -2.41. The molecule has 0 aliphatic rings. The van der Waals surface area contributed by atoms with Gasteiger partial charge in [-0.05, 0) is 61.4 Å². The number of hydrogen-bond acceptors (Lipinski definition) is 4. The molecule has 0 saturated carbocycles. The smallest absolute Gasteiger partial charge is 0.269 e. The zero-order valence-corrected chi connectivity index (χ0v) is 15.2. The van der Waals surface area contributed by atoms with E-state index >= 15 is 0 Å². The van der Waals surface area contributed by atoms with E-state index in [0.717, 1.165) is 0 Å². The summed E-state index contributed by atoms with van der Waals surface area (Å²) < 4.78 is 10.9. The summed E-state index contributed by atoms with van der Waals surface area (Å²) in [7, 11) is 0. The van der Waals surface area contributed by atoms with Gasteiger partial charge in [-0.2, -0.15) is 0 Å². The van der Waals surface area contributed by atoms with E-state index in [9.17, 15) is 9.59 Å². The molecule has 0 spiro atoms. The predicted molar refractivity (Wildman–Crippen MR) is 99.3 cm³/mol. The molecule has 26 heavy (non-hydrogen) atoms. The van der Waals surface area contributed by atoms with Gasteiger partial charge < -0.3 is 9.47 Å². The van der Waals surface area contributed by atoms with Gasteiger partial charge in [0.15, 0.2) is 0 Å². The number of benzene rings is 2. The Balaban J connectivity index is 1.86. The zero-order chi connectivity index (χ0) is 18.9. The Morgan fingerprint density at radius 1 is 0.808 bits per heavy atom. The third kappa shape index (κ3) is 5.81. The Bertz CT molecular complexity index is 724. The fourth-order valence-electron chi connectivity index (χ4n) is 2.09. The zero-order valence-electron chi connectivity index (χ0n) is 15.2. The molecule has 0 atom stereocenters. The van der Waals surface area contributed by atoms with Crippen molar-refractivity contribution in [2.45, 2.75) is 20.8 Å². The van der Waals surface area contributed by atoms with E-state index in [1.165, 1.54) is 0 Å². The van der Waals surface area contributed by atoms with Gasteiger partial charge in [-0.25, -0.2) is 0 Å². The van der Waals surface area contributed by atoms with Crippen LogP contribution in [0.2, 0.25) is 0 Å². The molecular formula is C20H24N2O4. The average Bonchev–Trinajstić information content (AvgIpc) is 2.65. The number of carbonyl (C=O) groups is 2. The molecule has 0 bridgehead atoms. The van der Waals surface area contributed by atoms with Crippen LogP contribution in [0.25, 0.3) is 0 Å². The number of carbonyl (C=O) groups excluding carboxylic acids is 2. The molecule has 0 aromatic heterocycles. The van der Waals surface area contributed by atoms with Crippen LogP contribution >= 0.6 is 0 Å². The monoisotopic (exact) mass is 356 g/mol. The van der Waals surface area contributed by atoms with Crippen LogP contribution in [-0.4, -0.2) is 25.0 Å². The van der Waals surface area contributed by atoms with Crippen molar-refractivity contribution in [1.29, 1.82) is 0 Å². The number of nitrogens with one attached hydrogen (secondary N) is 2. The summed E-state index contributed by atoms with van der Waals surface area (Å²) in [5, 5.41) is 0. The highest BCUT2D eigenvalue weighted by Crippen LogP contribution is 2.14. The highest BCUT2D eigenvalue weighted by atomic mass is 16.5. The first-order valence-corrected chi connectivity index (χ1v) is 8.56. The van der Waals surface area contributed by atoms with Gasteiger partial charge in [0.05, 0.1) is 13.2 Å². The van der Waals surface area contributed by atoms with Crippen LogP contribution in [0.15, 0.2) is 48.5 Å². The van der Waals surface area contributed by atoms with Gasteiger partial charge >= 0.3 is 0 Å². The van der Waals surface area contributed by atoms with E-state index in [2.05, 4.69) is 24.7 Å². The molecule has 6 nitrogen and oxygen atoms in total. The molecule has 2 aromatic rings. The van der Waals surface area contributed by atoms with Crippen molar-refractivity contribution in [2.75, 3.05) is 13.2 Å². The van der Waals surface area contributed by atoms with E-state index in [4.69, 9.17) is 9.47 Å². The summed E-state index contributed by atoms with van der Waals surface area (Å²) in [6, 6.07) is 13.4. The van der Waals surface area contributed by atoms with Crippen LogP contribution in [-0.2, 0) is 0 Å². The number of hydrogen-bond donors (Lipinski definition) is 2. The van der Waals surface area contributed by atoms with Crippen LogP contribution < -0.4 is 20.3 Å². The highest BCUT2D eigenvalue weighted by molar-refractivity contribution is 5.99. The van der Waals surface area contributed by atoms with Gasteiger partial charge in [0, 0.05) is 11.1 Å². The van der Waals surface area contributed by atoms with Gasteiger partial charge in [0.2, 0.25) is 0 Å². The highest BCUT2D eigenvalue weighted by Gasteiger charge is 2.09. The minimum atomic E-state index is -0.404. The summed E-state index contributed by atoms with van der Waals surface area (Å²) in [4.78, 5) is 24.2. The number of ether oxygens (including phenoxy) is 2. The molecule has 0 aliphatic heterocycles. The Morgan fingerprint density at radius 3 is 1.62 bits per heavy atom. The van der Waals surface area contributed by atoms with Gasteiger partial charge in [-0.3, -0.25) is 20.4 Å². The predicted octanol–water partition coefficient (Wildman–Crippen LogP) is 3.19. The van der Waals surface area contributed by atoms with Crippen LogP contribution in [0.3, 0.4) is 0 Å². The van der Waals surface area contributed by atoms with Crippen molar-refractivity contribution < 1.29 is 19.1 Å². The first kappa shape index (κ1) is 19.3. The van der Waals surface area contributed by atoms with E-state index in [1.54, 1.807) is 48.5 Å². The Hall–Kier alpha value is -3.02. The second kappa shape index (κ2) is 9.46. The largest absolute Gasteiger partial charge is 0.494 e. The van der Waals surface area contributed by atoms with Crippen molar-refractivity contribution in [3.05, 3.63) is 59.7 Å². The van der Waals surface area contributed by atoms with E-state index < -0.39 is 11.8 Å². The van der Waals surface area contributed by atoms with Crippen LogP contribution in [0.5, 0.6) is 11.5 Å². The minimum Gasteiger partial charge on any atom is -0.494 e. The summed E-state index contributed by atoms with van der Waals surface area (Å²) in [6.45, 7) is 7.19. The topological polar surface area (TPSA) is 76.7 Å². The average molecular weight is 356 g/mol. The molecule has 2 N–H and O–H groups in total. The lowest BCUT2D eigenvalue weighted by atomic mass is 10.2. The van der Waals surface area contributed by atoms with Crippen LogP contribution in [0.1, 0.15) is 41.5 Å². The lowest BCUT2D eigenvalue weighted by Gasteiger charge is -2.10. The lowest BCUT2D eigenvalue weighted by molar-refractivity contribution is 0.0846. The molecule has 2 amide bonds. The Labute approximate surface area is 153 Å². The molecular weight excluding hydrogens is 332 g/mol. The van der Waals surface area contributed by atoms with E-state index in [1.807, 2.05) is 6.92 Å². The molecule has 0 heterocycles. The van der Waals surface area contributed by atoms with Gasteiger partial charge in [0.1, 0.15) is 11.5 Å². The maximum Gasteiger partial charge on any atom is 0.269 e. The second-order valence-corrected chi connectivity index (χ2v) is 6.09. The molecule has 0 aliphatic carbocycles. The maximum absolute atomic E-state index is 12.1. The van der Waals surface area contributed by atoms with Crippen molar-refractivity contribution in [1.82, 2.24) is 10.9 Å². The van der Waals surface area contributed by atoms with Crippen molar-refractivity contribution in [3.8, 4) is 11.5 Å². The van der Waals surface area contributed by atoms with Crippen molar-refractivity contribution >= 4 is 11.8 Å². The number of amides is 2. The van der Waals surface area contributed by atoms with E-state index in [-0.39, 0.29) is 0 Å². The Morgan fingerprint density at radius 2 is 1.23 bits per heavy atom. The fourth-order valence-corrected chi connectivity index (χ4v) is 2.09. The summed E-state index contributed by atoms with van der Waals surface area (Å²) in [5.74, 6) is 1.01. The van der Waals surface area contributed by atoms with Gasteiger partial charge in [0.25, 0.3) is 11.8 Å². The number of rotatable bonds is 7.